The van der Waals surface area contributed by atoms with Crippen molar-refractivity contribution in [2.24, 2.45) is 0 Å². The molecule has 4 heteroatoms. The summed E-state index contributed by atoms with van der Waals surface area (Å²) in [5.41, 5.74) is 2.54. The Labute approximate surface area is 133 Å². The lowest BCUT2D eigenvalue weighted by atomic mass is 9.95. The minimum atomic E-state index is -0.310. The summed E-state index contributed by atoms with van der Waals surface area (Å²) in [6.45, 7) is 3.52. The first-order valence-corrected chi connectivity index (χ1v) is 7.54. The average molecular weight is 433 g/mol. The fourth-order valence-corrected chi connectivity index (χ4v) is 3.02. The van der Waals surface area contributed by atoms with Gasteiger partial charge >= 0.3 is 0 Å². The second kappa shape index (κ2) is 5.71. The smallest absolute Gasteiger partial charge is 0.194 e. The number of halogens is 3. The number of aryl methyl sites for hydroxylation is 2. The van der Waals surface area contributed by atoms with Crippen LogP contribution in [0.2, 0.25) is 0 Å². The van der Waals surface area contributed by atoms with Crippen LogP contribution in [0, 0.1) is 23.2 Å². The molecule has 2 rings (SSSR count). The van der Waals surface area contributed by atoms with Crippen LogP contribution in [0.1, 0.15) is 27.0 Å². The molecule has 0 saturated carbocycles. The molecule has 0 heterocycles. The van der Waals surface area contributed by atoms with Crippen LogP contribution in [0.5, 0.6) is 0 Å². The number of carbonyl (C=O) groups is 1. The standard InChI is InChI=1S/C15H11BrFIO/c1-8-5-11(17)6-9(2)14(8)15(19)12-7-10(16)3-4-13(12)18/h3-7H,1-2H3. The minimum Gasteiger partial charge on any atom is -0.289 e. The summed E-state index contributed by atoms with van der Waals surface area (Å²) in [5, 5.41) is 0. The molecule has 19 heavy (non-hydrogen) atoms. The van der Waals surface area contributed by atoms with Crippen LogP contribution in [0.25, 0.3) is 0 Å². The third-order valence-electron chi connectivity index (χ3n) is 2.90. The SMILES string of the molecule is Cc1cc(F)cc(C)c1C(=O)c1cc(Br)ccc1I. The van der Waals surface area contributed by atoms with Crippen molar-refractivity contribution in [2.45, 2.75) is 13.8 Å². The number of hydrogen-bond donors (Lipinski definition) is 0. The number of carbonyl (C=O) groups excluding carboxylic acids is 1. The van der Waals surface area contributed by atoms with Gasteiger partial charge in [-0.2, -0.15) is 0 Å². The maximum absolute atomic E-state index is 13.3. The highest BCUT2D eigenvalue weighted by Crippen LogP contribution is 2.25. The molecule has 0 unspecified atom stereocenters. The molecule has 0 radical (unpaired) electrons. The first-order valence-electron chi connectivity index (χ1n) is 5.66. The van der Waals surface area contributed by atoms with Crippen molar-refractivity contribution in [2.75, 3.05) is 0 Å². The summed E-state index contributed by atoms with van der Waals surface area (Å²) in [7, 11) is 0. The summed E-state index contributed by atoms with van der Waals surface area (Å²) in [6.07, 6.45) is 0. The van der Waals surface area contributed by atoms with Gasteiger partial charge in [0.05, 0.1) is 0 Å². The topological polar surface area (TPSA) is 17.1 Å². The molecule has 0 aromatic heterocycles. The highest BCUT2D eigenvalue weighted by atomic mass is 127. The van der Waals surface area contributed by atoms with Crippen molar-refractivity contribution in [1.82, 2.24) is 0 Å². The van der Waals surface area contributed by atoms with Crippen LogP contribution < -0.4 is 0 Å². The molecule has 0 bridgehead atoms. The summed E-state index contributed by atoms with van der Waals surface area (Å²) in [4.78, 5) is 12.6. The first kappa shape index (κ1) is 14.7. The van der Waals surface area contributed by atoms with E-state index in [0.717, 1.165) is 8.04 Å². The van der Waals surface area contributed by atoms with Gasteiger partial charge in [0.1, 0.15) is 5.82 Å². The van der Waals surface area contributed by atoms with Gasteiger partial charge in [0.15, 0.2) is 5.78 Å². The Balaban J connectivity index is 2.59. The van der Waals surface area contributed by atoms with Crippen LogP contribution in [-0.2, 0) is 0 Å². The largest absolute Gasteiger partial charge is 0.289 e. The fourth-order valence-electron chi connectivity index (χ4n) is 2.07. The summed E-state index contributed by atoms with van der Waals surface area (Å²) >= 11 is 5.50. The van der Waals surface area contributed by atoms with Gasteiger partial charge in [-0.05, 0) is 77.9 Å². The van der Waals surface area contributed by atoms with Gasteiger partial charge in [-0.3, -0.25) is 4.79 Å². The molecule has 0 N–H and O–H groups in total. The van der Waals surface area contributed by atoms with Gasteiger partial charge in [0.25, 0.3) is 0 Å². The molecule has 2 aromatic carbocycles. The maximum atomic E-state index is 13.3. The van der Waals surface area contributed by atoms with Gasteiger partial charge in [-0.25, -0.2) is 4.39 Å². The average Bonchev–Trinajstić information content (AvgIpc) is 2.30. The lowest BCUT2D eigenvalue weighted by molar-refractivity contribution is 0.103. The molecule has 2 aromatic rings. The molecule has 0 aliphatic heterocycles. The van der Waals surface area contributed by atoms with E-state index in [9.17, 15) is 9.18 Å². The van der Waals surface area contributed by atoms with E-state index in [1.165, 1.54) is 12.1 Å². The Morgan fingerprint density at radius 1 is 1.16 bits per heavy atom. The molecule has 0 saturated heterocycles. The van der Waals surface area contributed by atoms with Crippen molar-refractivity contribution >= 4 is 44.3 Å². The molecule has 0 aliphatic carbocycles. The van der Waals surface area contributed by atoms with E-state index < -0.39 is 0 Å². The van der Waals surface area contributed by atoms with Crippen molar-refractivity contribution < 1.29 is 9.18 Å². The Hall–Kier alpha value is -0.750. The second-order valence-electron chi connectivity index (χ2n) is 4.37. The predicted molar refractivity (Wildman–Crippen MR) is 86.2 cm³/mol. The molecule has 0 atom stereocenters. The van der Waals surface area contributed by atoms with Gasteiger partial charge in [0, 0.05) is 19.2 Å². The minimum absolute atomic E-state index is 0.0688. The van der Waals surface area contributed by atoms with Gasteiger partial charge in [-0.1, -0.05) is 15.9 Å². The van der Waals surface area contributed by atoms with Crippen molar-refractivity contribution in [3.8, 4) is 0 Å². The molecule has 0 amide bonds. The molecule has 0 aliphatic rings. The second-order valence-corrected chi connectivity index (χ2v) is 6.45. The zero-order chi connectivity index (χ0) is 14.2. The Morgan fingerprint density at radius 2 is 1.74 bits per heavy atom. The van der Waals surface area contributed by atoms with E-state index in [0.29, 0.717) is 22.3 Å². The third-order valence-corrected chi connectivity index (χ3v) is 4.33. The van der Waals surface area contributed by atoms with E-state index in [1.54, 1.807) is 19.9 Å². The van der Waals surface area contributed by atoms with Crippen LogP contribution in [0.15, 0.2) is 34.8 Å². The maximum Gasteiger partial charge on any atom is 0.194 e. The Morgan fingerprint density at radius 3 is 2.32 bits per heavy atom. The van der Waals surface area contributed by atoms with Gasteiger partial charge in [-0.15, -0.1) is 0 Å². The zero-order valence-corrected chi connectivity index (χ0v) is 14.2. The normalized spacial score (nSPS) is 10.6. The lowest BCUT2D eigenvalue weighted by Gasteiger charge is -2.11. The van der Waals surface area contributed by atoms with Gasteiger partial charge < -0.3 is 0 Å². The van der Waals surface area contributed by atoms with Gasteiger partial charge in [0.2, 0.25) is 0 Å². The lowest BCUT2D eigenvalue weighted by Crippen LogP contribution is -2.08. The van der Waals surface area contributed by atoms with Crippen LogP contribution in [-0.4, -0.2) is 5.78 Å². The van der Waals surface area contributed by atoms with Crippen LogP contribution in [0.4, 0.5) is 4.39 Å². The van der Waals surface area contributed by atoms with E-state index in [-0.39, 0.29) is 11.6 Å². The molecule has 98 valence electrons. The molecular formula is C15H11BrFIO. The molecule has 0 fully saturated rings. The van der Waals surface area contributed by atoms with Crippen molar-refractivity contribution in [1.29, 1.82) is 0 Å². The quantitative estimate of drug-likeness (QED) is 0.480. The summed E-state index contributed by atoms with van der Waals surface area (Å²) in [6, 6.07) is 8.36. The molecule has 1 nitrogen and oxygen atoms in total. The third kappa shape index (κ3) is 3.05. The molecular weight excluding hydrogens is 422 g/mol. The Bertz CT molecular complexity index is 644. The number of ketones is 1. The number of rotatable bonds is 2. The van der Waals surface area contributed by atoms with Crippen molar-refractivity contribution in [3.63, 3.8) is 0 Å². The van der Waals surface area contributed by atoms with E-state index in [2.05, 4.69) is 38.5 Å². The Kier molecular flexibility index (Phi) is 4.40. The summed E-state index contributed by atoms with van der Waals surface area (Å²) < 4.78 is 15.0. The van der Waals surface area contributed by atoms with E-state index in [1.807, 2.05) is 12.1 Å². The van der Waals surface area contributed by atoms with Crippen LogP contribution in [0.3, 0.4) is 0 Å². The monoisotopic (exact) mass is 432 g/mol. The predicted octanol–water partition coefficient (Wildman–Crippen LogP) is 5.04. The van der Waals surface area contributed by atoms with Crippen LogP contribution >= 0.6 is 38.5 Å². The van der Waals surface area contributed by atoms with E-state index >= 15 is 0 Å². The number of hydrogen-bond acceptors (Lipinski definition) is 1. The highest BCUT2D eigenvalue weighted by Gasteiger charge is 2.18. The van der Waals surface area contributed by atoms with E-state index in [4.69, 9.17) is 0 Å². The van der Waals surface area contributed by atoms with Crippen molar-refractivity contribution in [3.05, 3.63) is 66.4 Å². The molecule has 0 spiro atoms. The fraction of sp³-hybridized carbons (Fsp3) is 0.133. The number of benzene rings is 2. The summed E-state index contributed by atoms with van der Waals surface area (Å²) in [5.74, 6) is -0.379. The first-order chi connectivity index (χ1) is 8.90. The highest BCUT2D eigenvalue weighted by molar-refractivity contribution is 14.1. The zero-order valence-electron chi connectivity index (χ0n) is 10.4.